The number of carboxylic acid groups (broad SMARTS) is 1. The van der Waals surface area contributed by atoms with E-state index in [1.807, 2.05) is 24.3 Å². The van der Waals surface area contributed by atoms with E-state index in [0.717, 1.165) is 5.56 Å². The first-order valence-corrected chi connectivity index (χ1v) is 9.03. The van der Waals surface area contributed by atoms with Gasteiger partial charge in [-0.25, -0.2) is 13.1 Å². The molecule has 0 spiro atoms. The number of sulfonamides is 1. The van der Waals surface area contributed by atoms with E-state index in [0.29, 0.717) is 31.6 Å². The van der Waals surface area contributed by atoms with Crippen molar-refractivity contribution >= 4 is 22.1 Å². The quantitative estimate of drug-likeness (QED) is 0.795. The highest BCUT2D eigenvalue weighted by Gasteiger charge is 2.22. The number of benzene rings is 1. The molecule has 0 saturated carbocycles. The Kier molecular flexibility index (Phi) is 5.79. The molecule has 1 atom stereocenters. The number of carbonyl (C=O) groups is 1. The zero-order chi connectivity index (χ0) is 16.9. The highest BCUT2D eigenvalue weighted by molar-refractivity contribution is 7.93. The molecule has 7 heteroatoms. The van der Waals surface area contributed by atoms with Crippen molar-refractivity contribution in [3.8, 4) is 5.75 Å². The third kappa shape index (κ3) is 5.07. The number of aliphatic carboxylic acids is 1. The molecule has 1 heterocycles. The van der Waals surface area contributed by atoms with Gasteiger partial charge in [0.05, 0.1) is 11.5 Å². The summed E-state index contributed by atoms with van der Waals surface area (Å²) in [6, 6.07) is 6.97. The molecule has 0 aliphatic carbocycles. The molecule has 6 nitrogen and oxygen atoms in total. The topological polar surface area (TPSA) is 92.7 Å². The SMILES string of the molecule is CC(CCCC(=O)O)NS(=O)(=O)C1=Cc2ccccc2OCC1. The molecule has 2 rings (SSSR count). The Hall–Kier alpha value is -1.86. The van der Waals surface area contributed by atoms with Crippen LogP contribution in [-0.4, -0.2) is 32.1 Å². The molecule has 1 unspecified atom stereocenters. The zero-order valence-electron chi connectivity index (χ0n) is 13.0. The molecular formula is C16H21NO5S. The molecule has 0 aromatic heterocycles. The number of fused-ring (bicyclic) bond motifs is 1. The number of para-hydroxylation sites is 1. The first-order chi connectivity index (χ1) is 10.9. The summed E-state index contributed by atoms with van der Waals surface area (Å²) < 4.78 is 33.2. The molecule has 1 aliphatic heterocycles. The van der Waals surface area contributed by atoms with Gasteiger partial charge in [-0.15, -0.1) is 0 Å². The minimum absolute atomic E-state index is 0.0377. The molecule has 0 radical (unpaired) electrons. The maximum absolute atomic E-state index is 12.5. The van der Waals surface area contributed by atoms with E-state index >= 15 is 0 Å². The Balaban J connectivity index is 2.07. The van der Waals surface area contributed by atoms with Crippen LogP contribution >= 0.6 is 0 Å². The standard InChI is InChI=1S/C16H21NO5S/c1-12(5-4-8-16(18)19)17-23(20,21)14-9-10-22-15-7-3-2-6-13(15)11-14/h2-3,6-7,11-12,17H,4-5,8-10H2,1H3,(H,18,19). The highest BCUT2D eigenvalue weighted by atomic mass is 32.2. The third-order valence-corrected chi connectivity index (χ3v) is 5.30. The number of hydrogen-bond donors (Lipinski definition) is 2. The van der Waals surface area contributed by atoms with Crippen LogP contribution in [0.3, 0.4) is 0 Å². The van der Waals surface area contributed by atoms with Crippen LogP contribution in [0.5, 0.6) is 5.75 Å². The summed E-state index contributed by atoms with van der Waals surface area (Å²) in [4.78, 5) is 10.8. The lowest BCUT2D eigenvalue weighted by Gasteiger charge is -2.15. The summed E-state index contributed by atoms with van der Waals surface area (Å²) in [5, 5.41) is 8.63. The Bertz CT molecular complexity index is 696. The molecule has 0 amide bonds. The maximum Gasteiger partial charge on any atom is 0.303 e. The fraction of sp³-hybridized carbons (Fsp3) is 0.438. The van der Waals surface area contributed by atoms with Gasteiger partial charge >= 0.3 is 5.97 Å². The lowest BCUT2D eigenvalue weighted by Crippen LogP contribution is -2.33. The number of nitrogens with one attached hydrogen (secondary N) is 1. The first-order valence-electron chi connectivity index (χ1n) is 7.55. The van der Waals surface area contributed by atoms with E-state index in [9.17, 15) is 13.2 Å². The van der Waals surface area contributed by atoms with Crippen LogP contribution < -0.4 is 9.46 Å². The smallest absolute Gasteiger partial charge is 0.303 e. The van der Waals surface area contributed by atoms with Crippen molar-refractivity contribution in [3.05, 3.63) is 34.7 Å². The van der Waals surface area contributed by atoms with Gasteiger partial charge in [0, 0.05) is 24.4 Å². The molecule has 126 valence electrons. The van der Waals surface area contributed by atoms with Gasteiger partial charge < -0.3 is 9.84 Å². The van der Waals surface area contributed by atoms with Gasteiger partial charge in [-0.1, -0.05) is 18.2 Å². The molecule has 0 fully saturated rings. The normalized spacial score (nSPS) is 15.8. The van der Waals surface area contributed by atoms with Crippen molar-refractivity contribution in [2.45, 2.75) is 38.6 Å². The zero-order valence-corrected chi connectivity index (χ0v) is 13.8. The van der Waals surface area contributed by atoms with Crippen molar-refractivity contribution in [1.82, 2.24) is 4.72 Å². The van der Waals surface area contributed by atoms with Crippen LogP contribution in [0.2, 0.25) is 0 Å². The Morgan fingerprint density at radius 2 is 2.13 bits per heavy atom. The Morgan fingerprint density at radius 1 is 1.39 bits per heavy atom. The predicted octanol–water partition coefficient (Wildman–Crippen LogP) is 2.37. The lowest BCUT2D eigenvalue weighted by atomic mass is 10.1. The summed E-state index contributed by atoms with van der Waals surface area (Å²) in [5.41, 5.74) is 0.740. The van der Waals surface area contributed by atoms with Gasteiger partial charge in [-0.2, -0.15) is 0 Å². The largest absolute Gasteiger partial charge is 0.493 e. The van der Waals surface area contributed by atoms with Crippen LogP contribution in [0.25, 0.3) is 6.08 Å². The van der Waals surface area contributed by atoms with E-state index in [-0.39, 0.29) is 17.4 Å². The van der Waals surface area contributed by atoms with Crippen molar-refractivity contribution < 1.29 is 23.1 Å². The summed E-state index contributed by atoms with van der Waals surface area (Å²) in [6.07, 6.45) is 2.88. The fourth-order valence-corrected chi connectivity index (χ4v) is 3.84. The lowest BCUT2D eigenvalue weighted by molar-refractivity contribution is -0.137. The minimum atomic E-state index is -3.62. The third-order valence-electron chi connectivity index (χ3n) is 3.57. The van der Waals surface area contributed by atoms with Gasteiger partial charge in [0.25, 0.3) is 0 Å². The van der Waals surface area contributed by atoms with E-state index in [1.165, 1.54) is 0 Å². The average molecular weight is 339 g/mol. The highest BCUT2D eigenvalue weighted by Crippen LogP contribution is 2.27. The summed E-state index contributed by atoms with van der Waals surface area (Å²) in [5.74, 6) is -0.201. The van der Waals surface area contributed by atoms with Gasteiger partial charge in [0.15, 0.2) is 0 Å². The Morgan fingerprint density at radius 3 is 2.87 bits per heavy atom. The monoisotopic (exact) mass is 339 g/mol. The Labute approximate surface area is 136 Å². The minimum Gasteiger partial charge on any atom is -0.493 e. The van der Waals surface area contributed by atoms with Crippen LogP contribution in [0.15, 0.2) is 29.2 Å². The van der Waals surface area contributed by atoms with Gasteiger partial charge in [0.1, 0.15) is 5.75 Å². The molecule has 0 saturated heterocycles. The molecule has 2 N–H and O–H groups in total. The fourth-order valence-electron chi connectivity index (χ4n) is 2.41. The number of carboxylic acids is 1. The average Bonchev–Trinajstić information content (AvgIpc) is 2.69. The van der Waals surface area contributed by atoms with Crippen molar-refractivity contribution in [2.24, 2.45) is 0 Å². The summed E-state index contributed by atoms with van der Waals surface area (Å²) in [7, 11) is -3.62. The van der Waals surface area contributed by atoms with E-state index in [4.69, 9.17) is 9.84 Å². The molecule has 1 aromatic rings. The summed E-state index contributed by atoms with van der Waals surface area (Å²) >= 11 is 0. The maximum atomic E-state index is 12.5. The molecule has 1 aliphatic rings. The van der Waals surface area contributed by atoms with E-state index in [1.54, 1.807) is 13.0 Å². The van der Waals surface area contributed by atoms with Crippen molar-refractivity contribution in [3.63, 3.8) is 0 Å². The second-order valence-corrected chi connectivity index (χ2v) is 7.32. The van der Waals surface area contributed by atoms with E-state index in [2.05, 4.69) is 4.72 Å². The van der Waals surface area contributed by atoms with Crippen LogP contribution in [0, 0.1) is 0 Å². The van der Waals surface area contributed by atoms with Crippen molar-refractivity contribution in [2.75, 3.05) is 6.61 Å². The molecule has 0 bridgehead atoms. The molecule has 1 aromatic carbocycles. The molecule has 23 heavy (non-hydrogen) atoms. The van der Waals surface area contributed by atoms with Gasteiger partial charge in [0.2, 0.25) is 10.0 Å². The second-order valence-electron chi connectivity index (χ2n) is 5.56. The number of hydrogen-bond acceptors (Lipinski definition) is 4. The van der Waals surface area contributed by atoms with Gasteiger partial charge in [-0.05, 0) is 31.9 Å². The second kappa shape index (κ2) is 7.61. The number of rotatable bonds is 7. The summed E-state index contributed by atoms with van der Waals surface area (Å²) in [6.45, 7) is 2.04. The van der Waals surface area contributed by atoms with Crippen LogP contribution in [0.1, 0.15) is 38.2 Å². The van der Waals surface area contributed by atoms with Crippen LogP contribution in [-0.2, 0) is 14.8 Å². The number of ether oxygens (including phenoxy) is 1. The van der Waals surface area contributed by atoms with Gasteiger partial charge in [-0.3, -0.25) is 4.79 Å². The van der Waals surface area contributed by atoms with Crippen molar-refractivity contribution in [1.29, 1.82) is 0 Å². The molecular weight excluding hydrogens is 318 g/mol. The first kappa shape index (κ1) is 17.5. The predicted molar refractivity (Wildman–Crippen MR) is 87.5 cm³/mol. The van der Waals surface area contributed by atoms with Crippen LogP contribution in [0.4, 0.5) is 0 Å². The van der Waals surface area contributed by atoms with E-state index < -0.39 is 16.0 Å².